The summed E-state index contributed by atoms with van der Waals surface area (Å²) in [6.07, 6.45) is 0.189. The van der Waals surface area contributed by atoms with Crippen LogP contribution in [0.25, 0.3) is 0 Å². The van der Waals surface area contributed by atoms with Gasteiger partial charge in [-0.2, -0.15) is 0 Å². The van der Waals surface area contributed by atoms with E-state index in [2.05, 4.69) is 0 Å². The molecule has 100 valence electrons. The van der Waals surface area contributed by atoms with E-state index in [1.165, 1.54) is 12.1 Å². The molecule has 0 saturated carbocycles. The maximum atomic E-state index is 11.8. The number of imide groups is 1. The predicted octanol–water partition coefficient (Wildman–Crippen LogP) is 2.14. The van der Waals surface area contributed by atoms with Crippen molar-refractivity contribution < 1.29 is 14.5 Å². The number of benzene rings is 1. The van der Waals surface area contributed by atoms with Gasteiger partial charge in [0.05, 0.1) is 11.5 Å². The van der Waals surface area contributed by atoms with Crippen LogP contribution in [0.3, 0.4) is 0 Å². The maximum absolute atomic E-state index is 11.8. The van der Waals surface area contributed by atoms with Crippen LogP contribution in [0.1, 0.15) is 18.9 Å². The minimum atomic E-state index is -0.595. The third-order valence-corrected chi connectivity index (χ3v) is 3.34. The van der Waals surface area contributed by atoms with Gasteiger partial charge in [-0.25, -0.2) is 0 Å². The lowest BCUT2D eigenvalue weighted by atomic mass is 10.1. The molecule has 0 aliphatic carbocycles. The van der Waals surface area contributed by atoms with Crippen LogP contribution in [0.4, 0.5) is 5.69 Å². The fourth-order valence-electron chi connectivity index (χ4n) is 1.99. The van der Waals surface area contributed by atoms with Crippen molar-refractivity contribution >= 4 is 29.1 Å². The van der Waals surface area contributed by atoms with Crippen molar-refractivity contribution in [1.82, 2.24) is 4.90 Å². The number of nitrogens with zero attached hydrogens (tertiary/aromatic N) is 2. The third-order valence-electron chi connectivity index (χ3n) is 3.02. The van der Waals surface area contributed by atoms with E-state index in [1.807, 2.05) is 0 Å². The fourth-order valence-corrected chi connectivity index (χ4v) is 2.18. The summed E-state index contributed by atoms with van der Waals surface area (Å²) in [5, 5.41) is 10.8. The Morgan fingerprint density at radius 1 is 1.47 bits per heavy atom. The van der Waals surface area contributed by atoms with Gasteiger partial charge in [-0.15, -0.1) is 0 Å². The molecule has 1 atom stereocenters. The maximum Gasteiger partial charge on any atom is 0.288 e. The number of halogens is 1. The Morgan fingerprint density at radius 2 is 2.16 bits per heavy atom. The van der Waals surface area contributed by atoms with Gasteiger partial charge in [-0.05, 0) is 11.6 Å². The molecule has 19 heavy (non-hydrogen) atoms. The van der Waals surface area contributed by atoms with E-state index < -0.39 is 4.92 Å². The van der Waals surface area contributed by atoms with Gasteiger partial charge in [0.2, 0.25) is 11.8 Å². The molecule has 1 aliphatic rings. The summed E-state index contributed by atoms with van der Waals surface area (Å²) in [5.41, 5.74) is 0.276. The van der Waals surface area contributed by atoms with Crippen molar-refractivity contribution in [2.45, 2.75) is 19.9 Å². The van der Waals surface area contributed by atoms with Gasteiger partial charge in [0.1, 0.15) is 5.02 Å². The van der Waals surface area contributed by atoms with Crippen molar-refractivity contribution in [3.05, 3.63) is 38.9 Å². The normalized spacial score (nSPS) is 19.1. The number of carbonyl (C=O) groups excluding carboxylic acids is 2. The van der Waals surface area contributed by atoms with E-state index in [9.17, 15) is 19.7 Å². The van der Waals surface area contributed by atoms with Crippen LogP contribution in [0.15, 0.2) is 18.2 Å². The molecule has 2 rings (SSSR count). The molecule has 1 unspecified atom stereocenters. The van der Waals surface area contributed by atoms with E-state index in [0.29, 0.717) is 5.56 Å². The second-order valence-corrected chi connectivity index (χ2v) is 4.87. The van der Waals surface area contributed by atoms with Gasteiger partial charge in [0.15, 0.2) is 0 Å². The zero-order valence-electron chi connectivity index (χ0n) is 10.1. The number of nitro groups is 1. The summed E-state index contributed by atoms with van der Waals surface area (Å²) in [4.78, 5) is 34.7. The molecule has 1 fully saturated rings. The molecule has 6 nitrogen and oxygen atoms in total. The first-order valence-corrected chi connectivity index (χ1v) is 6.05. The lowest BCUT2D eigenvalue weighted by Crippen LogP contribution is -2.29. The summed E-state index contributed by atoms with van der Waals surface area (Å²) in [7, 11) is 0. The Balaban J connectivity index is 2.25. The highest BCUT2D eigenvalue weighted by molar-refractivity contribution is 6.32. The first kappa shape index (κ1) is 13.5. The topological polar surface area (TPSA) is 80.5 Å². The zero-order chi connectivity index (χ0) is 14.2. The summed E-state index contributed by atoms with van der Waals surface area (Å²) < 4.78 is 0. The zero-order valence-corrected chi connectivity index (χ0v) is 10.9. The largest absolute Gasteiger partial charge is 0.288 e. The van der Waals surface area contributed by atoms with Gasteiger partial charge in [-0.1, -0.05) is 24.6 Å². The SMILES string of the molecule is CC1CC(=O)N(Cc2ccc(Cl)c([N+](=O)[O-])c2)C1=O. The van der Waals surface area contributed by atoms with Gasteiger partial charge < -0.3 is 0 Å². The standard InChI is InChI=1S/C12H11ClN2O4/c1-7-4-11(16)14(12(7)17)6-8-2-3-9(13)10(5-8)15(18)19/h2-3,5,7H,4,6H2,1H3. The van der Waals surface area contributed by atoms with Gasteiger partial charge in [0, 0.05) is 18.4 Å². The molecular weight excluding hydrogens is 272 g/mol. The predicted molar refractivity (Wildman–Crippen MR) is 67.4 cm³/mol. The third kappa shape index (κ3) is 2.58. The highest BCUT2D eigenvalue weighted by Gasteiger charge is 2.35. The highest BCUT2D eigenvalue weighted by Crippen LogP contribution is 2.27. The highest BCUT2D eigenvalue weighted by atomic mass is 35.5. The van der Waals surface area contributed by atoms with Gasteiger partial charge in [-0.3, -0.25) is 24.6 Å². The number of nitro benzene ring substituents is 1. The molecule has 0 N–H and O–H groups in total. The van der Waals surface area contributed by atoms with Gasteiger partial charge >= 0.3 is 0 Å². The average molecular weight is 283 g/mol. The molecule has 1 heterocycles. The molecule has 1 aliphatic heterocycles. The Hall–Kier alpha value is -1.95. The smallest absolute Gasteiger partial charge is 0.278 e. The molecule has 1 aromatic rings. The number of carbonyl (C=O) groups is 2. The monoisotopic (exact) mass is 282 g/mol. The summed E-state index contributed by atoms with van der Waals surface area (Å²) in [5.74, 6) is -0.826. The molecule has 0 radical (unpaired) electrons. The number of amides is 2. The Morgan fingerprint density at radius 3 is 2.68 bits per heavy atom. The molecule has 7 heteroatoms. The van der Waals surface area contributed by atoms with Crippen molar-refractivity contribution in [2.24, 2.45) is 5.92 Å². The Bertz CT molecular complexity index is 573. The summed E-state index contributed by atoms with van der Waals surface area (Å²) in [6, 6.07) is 4.24. The first-order valence-electron chi connectivity index (χ1n) is 5.67. The van der Waals surface area contributed by atoms with E-state index in [0.717, 1.165) is 4.90 Å². The first-order chi connectivity index (χ1) is 8.90. The molecular formula is C12H11ClN2O4. The lowest BCUT2D eigenvalue weighted by Gasteiger charge is -2.14. The van der Waals surface area contributed by atoms with Crippen molar-refractivity contribution in [3.63, 3.8) is 0 Å². The van der Waals surface area contributed by atoms with Crippen molar-refractivity contribution in [2.75, 3.05) is 0 Å². The van der Waals surface area contributed by atoms with Crippen LogP contribution in [-0.4, -0.2) is 21.6 Å². The second kappa shape index (κ2) is 4.97. The number of hydrogen-bond acceptors (Lipinski definition) is 4. The quantitative estimate of drug-likeness (QED) is 0.483. The van der Waals surface area contributed by atoms with E-state index >= 15 is 0 Å². The van der Waals surface area contributed by atoms with Crippen molar-refractivity contribution in [3.8, 4) is 0 Å². The Kier molecular flexibility index (Phi) is 3.53. The molecule has 0 aromatic heterocycles. The lowest BCUT2D eigenvalue weighted by molar-refractivity contribution is -0.384. The number of likely N-dealkylation sites (tertiary alicyclic amines) is 1. The molecule has 1 aromatic carbocycles. The van der Waals surface area contributed by atoms with Crippen LogP contribution in [0.2, 0.25) is 5.02 Å². The average Bonchev–Trinajstić information content (AvgIpc) is 2.58. The fraction of sp³-hybridized carbons (Fsp3) is 0.333. The van der Waals surface area contributed by atoms with Crippen LogP contribution in [0.5, 0.6) is 0 Å². The van der Waals surface area contributed by atoms with E-state index in [4.69, 9.17) is 11.6 Å². The van der Waals surface area contributed by atoms with Crippen LogP contribution < -0.4 is 0 Å². The molecule has 0 spiro atoms. The number of rotatable bonds is 3. The minimum absolute atomic E-state index is 0.0289. The van der Waals surface area contributed by atoms with E-state index in [1.54, 1.807) is 13.0 Å². The molecule has 0 bridgehead atoms. The molecule has 2 amide bonds. The second-order valence-electron chi connectivity index (χ2n) is 4.47. The summed E-state index contributed by atoms with van der Waals surface area (Å²) >= 11 is 5.70. The molecule has 1 saturated heterocycles. The number of hydrogen-bond donors (Lipinski definition) is 0. The van der Waals surface area contributed by atoms with E-state index in [-0.39, 0.29) is 41.4 Å². The minimum Gasteiger partial charge on any atom is -0.278 e. The van der Waals surface area contributed by atoms with Gasteiger partial charge in [0.25, 0.3) is 5.69 Å². The van der Waals surface area contributed by atoms with Crippen LogP contribution >= 0.6 is 11.6 Å². The van der Waals surface area contributed by atoms with Crippen molar-refractivity contribution in [1.29, 1.82) is 0 Å². The van der Waals surface area contributed by atoms with Crippen LogP contribution in [0, 0.1) is 16.0 Å². The Labute approximate surface area is 114 Å². The summed E-state index contributed by atoms with van der Waals surface area (Å²) in [6.45, 7) is 1.73. The van der Waals surface area contributed by atoms with Crippen LogP contribution in [-0.2, 0) is 16.1 Å².